The van der Waals surface area contributed by atoms with Crippen LogP contribution in [0, 0.1) is 12.7 Å². The molecule has 1 unspecified atom stereocenters. The monoisotopic (exact) mass is 414 g/mol. The second-order valence-electron chi connectivity index (χ2n) is 6.38. The number of aryl methyl sites for hydroxylation is 1. The van der Waals surface area contributed by atoms with E-state index in [1.165, 1.54) is 37.4 Å². The highest BCUT2D eigenvalue weighted by atomic mass is 32.2. The second kappa shape index (κ2) is 7.88. The third kappa shape index (κ3) is 4.69. The third-order valence-electron chi connectivity index (χ3n) is 3.99. The average molecular weight is 414 g/mol. The van der Waals surface area contributed by atoms with Crippen molar-refractivity contribution < 1.29 is 22.6 Å². The molecule has 1 amide bonds. The average Bonchev–Trinajstić information content (AvgIpc) is 2.62. The zero-order valence-electron chi connectivity index (χ0n) is 15.8. The van der Waals surface area contributed by atoms with Gasteiger partial charge in [0.15, 0.2) is 4.90 Å². The Labute approximate surface area is 167 Å². The number of hydrogen-bond acceptors (Lipinski definition) is 3. The van der Waals surface area contributed by atoms with Crippen LogP contribution in [0.4, 0.5) is 10.2 Å². The number of rotatable bonds is 4. The molecule has 1 aliphatic heterocycles. The van der Waals surface area contributed by atoms with Crippen LogP contribution in [-0.2, 0) is 14.8 Å². The summed E-state index contributed by atoms with van der Waals surface area (Å²) >= 11 is 0. The van der Waals surface area contributed by atoms with Crippen molar-refractivity contribution in [3.05, 3.63) is 71.8 Å². The van der Waals surface area contributed by atoms with Gasteiger partial charge in [-0.3, -0.25) is 4.99 Å². The first-order valence-corrected chi connectivity index (χ1v) is 10.0. The minimum atomic E-state index is -4.05. The standard InChI is InChI=1S/C20H17FN4O3S/c1-12-4-5-19(17(21)8-12)29(27,28)25-18-9-16(11-23-13(18)2)15-6-7-22-20(10-15)24-14(3)26/h4-11H,2H2,1,3H3,(H,22,24,26)/p+2. The zero-order chi connectivity index (χ0) is 21.2. The first-order valence-electron chi connectivity index (χ1n) is 8.53. The van der Waals surface area contributed by atoms with Crippen molar-refractivity contribution in [2.24, 2.45) is 9.39 Å². The van der Waals surface area contributed by atoms with Crippen LogP contribution >= 0.6 is 0 Å². The normalized spacial score (nSPS) is 17.0. The van der Waals surface area contributed by atoms with Crippen LogP contribution in [0.2, 0.25) is 0 Å². The molecule has 0 fully saturated rings. The Bertz CT molecular complexity index is 1210. The number of pyridine rings is 1. The van der Waals surface area contributed by atoms with Crippen LogP contribution in [0.15, 0.2) is 69.2 Å². The van der Waals surface area contributed by atoms with E-state index in [1.807, 2.05) is 0 Å². The Morgan fingerprint density at radius 2 is 2.10 bits per heavy atom. The third-order valence-corrected chi connectivity index (χ3v) is 5.34. The van der Waals surface area contributed by atoms with Crippen LogP contribution < -0.4 is 10.3 Å². The maximum Gasteiger partial charge on any atom is 0.420 e. The molecule has 1 aliphatic rings. The maximum atomic E-state index is 14.2. The predicted octanol–water partition coefficient (Wildman–Crippen LogP) is 2.88. The lowest BCUT2D eigenvalue weighted by molar-refractivity contribution is -0.360. The number of allylic oxidation sites excluding steroid dienone is 2. The zero-order valence-corrected chi connectivity index (χ0v) is 16.6. The summed E-state index contributed by atoms with van der Waals surface area (Å²) in [6.45, 7) is 6.79. The lowest BCUT2D eigenvalue weighted by Crippen LogP contribution is -2.17. The number of amides is 1. The van der Waals surface area contributed by atoms with Crippen molar-refractivity contribution >= 4 is 39.2 Å². The largest absolute Gasteiger partial charge is 0.420 e. The molecule has 3 N–H and O–H groups in total. The van der Waals surface area contributed by atoms with Crippen molar-refractivity contribution in [1.82, 2.24) is 0 Å². The van der Waals surface area contributed by atoms with E-state index < -0.39 is 20.7 Å². The van der Waals surface area contributed by atoms with Crippen LogP contribution in [0.3, 0.4) is 0 Å². The number of aliphatic imine (C=N–C) groups is 1. The highest BCUT2D eigenvalue weighted by molar-refractivity contribution is 7.90. The first-order chi connectivity index (χ1) is 13.7. The summed E-state index contributed by atoms with van der Waals surface area (Å²) in [5, 5.41) is 2.63. The number of carbonyl (C=O) groups is 1. The number of benzene rings is 1. The van der Waals surface area contributed by atoms with Gasteiger partial charge >= 0.3 is 15.9 Å². The second-order valence-corrected chi connectivity index (χ2v) is 8.00. The van der Waals surface area contributed by atoms with Gasteiger partial charge in [0, 0.05) is 24.8 Å². The number of nitrogens with one attached hydrogen (secondary N) is 2. The van der Waals surface area contributed by atoms with Gasteiger partial charge in [0.05, 0.1) is 11.9 Å². The summed E-state index contributed by atoms with van der Waals surface area (Å²) in [6, 6.07) is 7.37. The Balaban J connectivity index is 2.01. The molecule has 0 aliphatic carbocycles. The quantitative estimate of drug-likeness (QED) is 0.777. The molecule has 1 aromatic heterocycles. The molecule has 1 atom stereocenters. The Hall–Kier alpha value is -3.46. The first kappa shape index (κ1) is 20.3. The van der Waals surface area contributed by atoms with E-state index in [9.17, 15) is 17.6 Å². The molecule has 0 saturated carbocycles. The number of dihydropyridines is 1. The van der Waals surface area contributed by atoms with Crippen molar-refractivity contribution in [3.63, 3.8) is 0 Å². The number of carbonyl (C=O) groups excluding carboxylic acids is 1. The lowest BCUT2D eigenvalue weighted by atomic mass is 10.0. The minimum Gasteiger partial charge on any atom is -0.255 e. The van der Waals surface area contributed by atoms with Crippen LogP contribution in [-0.4, -0.2) is 26.3 Å². The molecule has 29 heavy (non-hydrogen) atoms. The fourth-order valence-electron chi connectivity index (χ4n) is 2.63. The molecule has 148 valence electrons. The van der Waals surface area contributed by atoms with Gasteiger partial charge in [-0.2, -0.15) is 4.21 Å². The van der Waals surface area contributed by atoms with Crippen molar-refractivity contribution in [1.29, 1.82) is 0 Å². The summed E-state index contributed by atoms with van der Waals surface area (Å²) in [4.78, 5) is 17.9. The van der Waals surface area contributed by atoms with E-state index >= 15 is 0 Å². The smallest absolute Gasteiger partial charge is 0.255 e. The van der Waals surface area contributed by atoms with E-state index in [1.54, 1.807) is 25.3 Å². The summed E-state index contributed by atoms with van der Waals surface area (Å²) < 4.78 is 41.1. The molecule has 3 rings (SSSR count). The van der Waals surface area contributed by atoms with Gasteiger partial charge in [-0.1, -0.05) is 12.6 Å². The number of H-pyrrole nitrogens is 1. The summed E-state index contributed by atoms with van der Waals surface area (Å²) in [5.74, 6) is -0.574. The van der Waals surface area contributed by atoms with Gasteiger partial charge < -0.3 is 0 Å². The molecule has 0 spiro atoms. The van der Waals surface area contributed by atoms with Gasteiger partial charge in [-0.25, -0.2) is 23.7 Å². The maximum absolute atomic E-state index is 14.2. The van der Waals surface area contributed by atoms with Crippen LogP contribution in [0.1, 0.15) is 18.1 Å². The van der Waals surface area contributed by atoms with Crippen molar-refractivity contribution in [2.75, 3.05) is 5.32 Å². The molecule has 2 heterocycles. The summed E-state index contributed by atoms with van der Waals surface area (Å²) in [7, 11) is -4.05. The molecule has 2 aromatic rings. The fraction of sp³-hybridized carbons (Fsp3) is 0.100. The molecule has 9 heteroatoms. The van der Waals surface area contributed by atoms with Gasteiger partial charge in [0.25, 0.3) is 5.82 Å². The number of anilines is 1. The van der Waals surface area contributed by atoms with Crippen LogP contribution in [0.25, 0.3) is 5.57 Å². The predicted molar refractivity (Wildman–Crippen MR) is 110 cm³/mol. The highest BCUT2D eigenvalue weighted by Gasteiger charge is 2.26. The summed E-state index contributed by atoms with van der Waals surface area (Å²) in [5.41, 5.74) is 2.12. The number of aromatic amines is 1. The van der Waals surface area contributed by atoms with Gasteiger partial charge in [0.1, 0.15) is 11.5 Å². The Morgan fingerprint density at radius 1 is 1.34 bits per heavy atom. The molecule has 0 bridgehead atoms. The number of hydrogen-bond donors (Lipinski definition) is 1. The molecular formula is C20H19FN4O3S+2. The number of nitrogens with zero attached hydrogens (tertiary/aromatic N) is 2. The number of aromatic nitrogens is 1. The molecule has 7 nitrogen and oxygen atoms in total. The van der Waals surface area contributed by atoms with Gasteiger partial charge in [-0.15, -0.1) is 4.40 Å². The van der Waals surface area contributed by atoms with Crippen LogP contribution in [0.5, 0.6) is 0 Å². The molecule has 0 saturated heterocycles. The van der Waals surface area contributed by atoms with Crippen molar-refractivity contribution in [2.45, 2.75) is 18.7 Å². The highest BCUT2D eigenvalue weighted by Crippen LogP contribution is 2.23. The molecule has 1 aromatic carbocycles. The van der Waals surface area contributed by atoms with E-state index in [4.69, 9.17) is 0 Å². The Morgan fingerprint density at radius 3 is 2.79 bits per heavy atom. The van der Waals surface area contributed by atoms with Gasteiger partial charge in [-0.05, 0) is 42.3 Å². The Kier molecular flexibility index (Phi) is 5.51. The summed E-state index contributed by atoms with van der Waals surface area (Å²) in [6.07, 6.45) is 4.69. The van der Waals surface area contributed by atoms with Gasteiger partial charge in [0.2, 0.25) is 0 Å². The molecular weight excluding hydrogens is 395 g/mol. The van der Waals surface area contributed by atoms with E-state index in [0.29, 0.717) is 22.5 Å². The molecule has 0 radical (unpaired) electrons. The van der Waals surface area contributed by atoms with E-state index in [2.05, 4.69) is 26.3 Å². The fourth-order valence-corrected chi connectivity index (χ4v) is 3.71. The minimum absolute atomic E-state index is 0.0592. The van der Waals surface area contributed by atoms with E-state index in [0.717, 1.165) is 0 Å². The SMILES string of the molecule is C=C1N=CC(c2cc[nH+]c(NC(C)=O)c2)=CC1=NS(=O)(=[OH+])c1ccc(C)cc1F. The number of halogens is 1. The lowest BCUT2D eigenvalue weighted by Gasteiger charge is -2.10. The van der Waals surface area contributed by atoms with Crippen molar-refractivity contribution in [3.8, 4) is 0 Å². The van der Waals surface area contributed by atoms with E-state index in [-0.39, 0.29) is 17.3 Å². The topological polar surface area (TPSA) is 106 Å².